The van der Waals surface area contributed by atoms with E-state index in [1.54, 1.807) is 19.0 Å². The zero-order chi connectivity index (χ0) is 21.7. The monoisotopic (exact) mass is 408 g/mol. The van der Waals surface area contributed by atoms with Crippen LogP contribution in [-0.4, -0.2) is 49.0 Å². The number of carbonyl (C=O) groups excluding carboxylic acids is 2. The zero-order valence-corrected chi connectivity index (χ0v) is 18.4. The first-order chi connectivity index (χ1) is 14.3. The molecule has 1 saturated carbocycles. The number of likely N-dealkylation sites (N-methyl/N-ethyl adjacent to an activating group) is 2. The standard InChI is InChI=1S/C25H32N2O3/c1-25(2,22-15-13-20(14-16-22)19-9-6-5-7-10-19)30-24(29)27(4)18-17-26(3)23(28)21-11-8-12-21/h5-7,9-10,13-16,21H,8,11-12,17-18H2,1-4H3. The molecule has 0 aromatic heterocycles. The Labute approximate surface area is 179 Å². The van der Waals surface area contributed by atoms with Gasteiger partial charge < -0.3 is 14.5 Å². The largest absolute Gasteiger partial charge is 0.439 e. The molecule has 160 valence electrons. The number of amides is 2. The van der Waals surface area contributed by atoms with Crippen molar-refractivity contribution >= 4 is 12.0 Å². The molecule has 0 bridgehead atoms. The Kier molecular flexibility index (Phi) is 6.80. The Hall–Kier alpha value is -2.82. The van der Waals surface area contributed by atoms with Gasteiger partial charge in [0.1, 0.15) is 5.60 Å². The van der Waals surface area contributed by atoms with E-state index >= 15 is 0 Å². The summed E-state index contributed by atoms with van der Waals surface area (Å²) in [7, 11) is 3.51. The maximum absolute atomic E-state index is 12.6. The molecule has 0 aliphatic heterocycles. The van der Waals surface area contributed by atoms with Crippen LogP contribution in [0.4, 0.5) is 4.79 Å². The summed E-state index contributed by atoms with van der Waals surface area (Å²) in [4.78, 5) is 28.1. The minimum atomic E-state index is -0.756. The van der Waals surface area contributed by atoms with Crippen molar-refractivity contribution in [3.63, 3.8) is 0 Å². The quantitative estimate of drug-likeness (QED) is 0.654. The van der Waals surface area contributed by atoms with Crippen LogP contribution in [0, 0.1) is 5.92 Å². The highest BCUT2D eigenvalue weighted by Crippen LogP contribution is 2.29. The highest BCUT2D eigenvalue weighted by Gasteiger charge is 2.29. The average molecular weight is 409 g/mol. The fraction of sp³-hybridized carbons (Fsp3) is 0.440. The number of benzene rings is 2. The first-order valence-electron chi connectivity index (χ1n) is 10.6. The van der Waals surface area contributed by atoms with Gasteiger partial charge in [0.2, 0.25) is 5.91 Å². The third-order valence-electron chi connectivity index (χ3n) is 5.94. The Morgan fingerprint density at radius 2 is 1.47 bits per heavy atom. The predicted molar refractivity (Wildman–Crippen MR) is 119 cm³/mol. The van der Waals surface area contributed by atoms with E-state index in [9.17, 15) is 9.59 Å². The Balaban J connectivity index is 1.54. The van der Waals surface area contributed by atoms with E-state index in [1.807, 2.05) is 56.3 Å². The third kappa shape index (κ3) is 5.21. The summed E-state index contributed by atoms with van der Waals surface area (Å²) in [6.07, 6.45) is 2.71. The second kappa shape index (κ2) is 9.33. The van der Waals surface area contributed by atoms with Crippen molar-refractivity contribution in [1.82, 2.24) is 9.80 Å². The molecule has 5 heteroatoms. The Bertz CT molecular complexity index is 858. The van der Waals surface area contributed by atoms with Gasteiger partial charge in [-0.15, -0.1) is 0 Å². The van der Waals surface area contributed by atoms with Gasteiger partial charge in [-0.25, -0.2) is 4.79 Å². The van der Waals surface area contributed by atoms with Crippen LogP contribution in [0.15, 0.2) is 54.6 Å². The van der Waals surface area contributed by atoms with Crippen molar-refractivity contribution in [2.75, 3.05) is 27.2 Å². The van der Waals surface area contributed by atoms with Crippen molar-refractivity contribution in [1.29, 1.82) is 0 Å². The molecule has 0 saturated heterocycles. The van der Waals surface area contributed by atoms with Gasteiger partial charge in [0.15, 0.2) is 0 Å². The van der Waals surface area contributed by atoms with E-state index in [-0.39, 0.29) is 11.8 Å². The van der Waals surface area contributed by atoms with Gasteiger partial charge in [0, 0.05) is 33.1 Å². The molecule has 1 aliphatic rings. The average Bonchev–Trinajstić information content (AvgIpc) is 2.70. The zero-order valence-electron chi connectivity index (χ0n) is 18.4. The minimum Gasteiger partial charge on any atom is -0.439 e. The lowest BCUT2D eigenvalue weighted by molar-refractivity contribution is -0.136. The van der Waals surface area contributed by atoms with E-state index in [1.165, 1.54) is 4.90 Å². The molecule has 30 heavy (non-hydrogen) atoms. The molecule has 0 unspecified atom stereocenters. The minimum absolute atomic E-state index is 0.171. The normalized spacial score (nSPS) is 14.0. The van der Waals surface area contributed by atoms with Crippen LogP contribution in [-0.2, 0) is 15.1 Å². The van der Waals surface area contributed by atoms with Gasteiger partial charge in [-0.1, -0.05) is 61.0 Å². The smallest absolute Gasteiger partial charge is 0.410 e. The van der Waals surface area contributed by atoms with Gasteiger partial charge in [-0.2, -0.15) is 0 Å². The predicted octanol–water partition coefficient (Wildman–Crippen LogP) is 4.92. The van der Waals surface area contributed by atoms with Crippen molar-refractivity contribution in [3.8, 4) is 11.1 Å². The molecule has 2 amide bonds. The van der Waals surface area contributed by atoms with Gasteiger partial charge >= 0.3 is 6.09 Å². The second-order valence-electron chi connectivity index (χ2n) is 8.63. The summed E-state index contributed by atoms with van der Waals surface area (Å²) in [6.45, 7) is 4.73. The van der Waals surface area contributed by atoms with Crippen LogP contribution in [0.1, 0.15) is 38.7 Å². The molecule has 0 N–H and O–H groups in total. The first-order valence-corrected chi connectivity index (χ1v) is 10.6. The van der Waals surface area contributed by atoms with E-state index in [2.05, 4.69) is 12.1 Å². The molecule has 5 nitrogen and oxygen atoms in total. The van der Waals surface area contributed by atoms with E-state index in [4.69, 9.17) is 4.74 Å². The molecule has 1 fully saturated rings. The van der Waals surface area contributed by atoms with Crippen LogP contribution in [0.5, 0.6) is 0 Å². The number of rotatable bonds is 7. The highest BCUT2D eigenvalue weighted by molar-refractivity contribution is 5.79. The summed E-state index contributed by atoms with van der Waals surface area (Å²) >= 11 is 0. The van der Waals surface area contributed by atoms with Gasteiger partial charge in [-0.3, -0.25) is 4.79 Å². The fourth-order valence-corrected chi connectivity index (χ4v) is 3.52. The van der Waals surface area contributed by atoms with E-state index in [0.29, 0.717) is 13.1 Å². The van der Waals surface area contributed by atoms with E-state index < -0.39 is 11.7 Å². The summed E-state index contributed by atoms with van der Waals surface area (Å²) in [6, 6.07) is 18.3. The molecule has 0 radical (unpaired) electrons. The van der Waals surface area contributed by atoms with Gasteiger partial charge in [-0.05, 0) is 43.4 Å². The van der Waals surface area contributed by atoms with Crippen LogP contribution in [0.3, 0.4) is 0 Å². The lowest BCUT2D eigenvalue weighted by Gasteiger charge is -2.31. The van der Waals surface area contributed by atoms with Crippen LogP contribution in [0.25, 0.3) is 11.1 Å². The Morgan fingerprint density at radius 1 is 0.900 bits per heavy atom. The number of carbonyl (C=O) groups is 2. The van der Waals surface area contributed by atoms with Crippen LogP contribution < -0.4 is 0 Å². The molecule has 0 atom stereocenters. The van der Waals surface area contributed by atoms with Crippen molar-refractivity contribution < 1.29 is 14.3 Å². The number of ether oxygens (including phenoxy) is 1. The van der Waals surface area contributed by atoms with Crippen LogP contribution in [0.2, 0.25) is 0 Å². The molecule has 0 spiro atoms. The van der Waals surface area contributed by atoms with Gasteiger partial charge in [0.25, 0.3) is 0 Å². The first kappa shape index (κ1) is 21.9. The SMILES string of the molecule is CN(CCN(C)C(=O)C1CCC1)C(=O)OC(C)(C)c1ccc(-c2ccccc2)cc1. The number of hydrogen-bond acceptors (Lipinski definition) is 3. The van der Waals surface area contributed by atoms with Crippen molar-refractivity contribution in [3.05, 3.63) is 60.2 Å². The lowest BCUT2D eigenvalue weighted by Crippen LogP contribution is -2.42. The third-order valence-corrected chi connectivity index (χ3v) is 5.94. The maximum Gasteiger partial charge on any atom is 0.410 e. The fourth-order valence-electron chi connectivity index (χ4n) is 3.52. The topological polar surface area (TPSA) is 49.9 Å². The number of hydrogen-bond donors (Lipinski definition) is 0. The summed E-state index contributed by atoms with van der Waals surface area (Å²) in [5.41, 5.74) is 2.45. The van der Waals surface area contributed by atoms with E-state index in [0.717, 1.165) is 36.0 Å². The summed E-state index contributed by atoms with van der Waals surface area (Å²) < 4.78 is 5.79. The highest BCUT2D eigenvalue weighted by atomic mass is 16.6. The molecule has 2 aromatic carbocycles. The summed E-state index contributed by atoms with van der Waals surface area (Å²) in [5, 5.41) is 0. The molecular weight excluding hydrogens is 376 g/mol. The van der Waals surface area contributed by atoms with Gasteiger partial charge in [0.05, 0.1) is 0 Å². The van der Waals surface area contributed by atoms with Crippen molar-refractivity contribution in [2.24, 2.45) is 5.92 Å². The maximum atomic E-state index is 12.6. The van der Waals surface area contributed by atoms with Crippen LogP contribution >= 0.6 is 0 Å². The Morgan fingerprint density at radius 3 is 2.03 bits per heavy atom. The second-order valence-corrected chi connectivity index (χ2v) is 8.63. The summed E-state index contributed by atoms with van der Waals surface area (Å²) in [5.74, 6) is 0.354. The molecular formula is C25H32N2O3. The molecule has 2 aromatic rings. The van der Waals surface area contributed by atoms with Crippen molar-refractivity contribution in [2.45, 2.75) is 38.7 Å². The lowest BCUT2D eigenvalue weighted by atomic mass is 9.84. The molecule has 1 aliphatic carbocycles. The molecule has 3 rings (SSSR count). The number of nitrogens with zero attached hydrogens (tertiary/aromatic N) is 2. The molecule has 0 heterocycles.